The molecule has 3 nitrogen and oxygen atoms in total. The van der Waals surface area contributed by atoms with E-state index in [1.807, 2.05) is 19.2 Å². The average Bonchev–Trinajstić information content (AvgIpc) is 2.90. The molecule has 2 unspecified atom stereocenters. The Bertz CT molecular complexity index is 349. The van der Waals surface area contributed by atoms with E-state index in [1.54, 1.807) is 0 Å². The van der Waals surface area contributed by atoms with E-state index in [0.717, 1.165) is 23.0 Å². The molecular formula is C12H19N3. The van der Waals surface area contributed by atoms with Crippen LogP contribution in [0.2, 0.25) is 0 Å². The Morgan fingerprint density at radius 1 is 1.60 bits per heavy atom. The van der Waals surface area contributed by atoms with Gasteiger partial charge in [0, 0.05) is 12.2 Å². The lowest BCUT2D eigenvalue weighted by Gasteiger charge is -2.08. The van der Waals surface area contributed by atoms with Crippen molar-refractivity contribution in [3.8, 4) is 0 Å². The van der Waals surface area contributed by atoms with Crippen LogP contribution in [0.25, 0.3) is 0 Å². The zero-order valence-electron chi connectivity index (χ0n) is 9.46. The first kappa shape index (κ1) is 10.3. The maximum atomic E-state index is 5.89. The van der Waals surface area contributed by atoms with Gasteiger partial charge in [-0.25, -0.2) is 4.98 Å². The number of hydrogen-bond acceptors (Lipinski definition) is 3. The Kier molecular flexibility index (Phi) is 2.80. The molecule has 0 spiro atoms. The first-order valence-electron chi connectivity index (χ1n) is 5.69. The Morgan fingerprint density at radius 3 is 3.07 bits per heavy atom. The second kappa shape index (κ2) is 4.09. The summed E-state index contributed by atoms with van der Waals surface area (Å²) in [7, 11) is 0. The van der Waals surface area contributed by atoms with Crippen LogP contribution in [0, 0.1) is 12.8 Å². The van der Waals surface area contributed by atoms with E-state index in [9.17, 15) is 0 Å². The Hall–Kier alpha value is -1.25. The number of aromatic nitrogens is 1. The molecule has 3 N–H and O–H groups in total. The van der Waals surface area contributed by atoms with Crippen LogP contribution in [0.5, 0.6) is 0 Å². The summed E-state index contributed by atoms with van der Waals surface area (Å²) in [5.41, 5.74) is 7.76. The van der Waals surface area contributed by atoms with Gasteiger partial charge in [-0.05, 0) is 37.3 Å². The standard InChI is InChI=1S/C12H19N3/c1-3-4-9-6-11(9)15-12-10(13)5-8(2)7-14-12/h5,7,9,11H,3-4,6,13H2,1-2H3,(H,14,15). The molecule has 1 aliphatic rings. The third-order valence-electron chi connectivity index (χ3n) is 2.96. The van der Waals surface area contributed by atoms with Crippen LogP contribution < -0.4 is 11.1 Å². The zero-order chi connectivity index (χ0) is 10.8. The van der Waals surface area contributed by atoms with Crippen LogP contribution >= 0.6 is 0 Å². The zero-order valence-corrected chi connectivity index (χ0v) is 9.46. The van der Waals surface area contributed by atoms with E-state index in [4.69, 9.17) is 5.73 Å². The van der Waals surface area contributed by atoms with Crippen molar-refractivity contribution in [2.24, 2.45) is 5.92 Å². The van der Waals surface area contributed by atoms with Gasteiger partial charge in [-0.3, -0.25) is 0 Å². The van der Waals surface area contributed by atoms with Crippen molar-refractivity contribution < 1.29 is 0 Å². The lowest BCUT2D eigenvalue weighted by Crippen LogP contribution is -2.08. The topological polar surface area (TPSA) is 50.9 Å². The molecule has 2 rings (SSSR count). The van der Waals surface area contributed by atoms with Gasteiger partial charge in [0.15, 0.2) is 0 Å². The smallest absolute Gasteiger partial charge is 0.149 e. The highest BCUT2D eigenvalue weighted by atomic mass is 15.1. The second-order valence-electron chi connectivity index (χ2n) is 4.49. The number of nitrogens with zero attached hydrogens (tertiary/aromatic N) is 1. The molecule has 1 heterocycles. The van der Waals surface area contributed by atoms with Crippen LogP contribution in [0.4, 0.5) is 11.5 Å². The molecule has 0 saturated heterocycles. The molecule has 1 aromatic heterocycles. The third kappa shape index (κ3) is 2.41. The van der Waals surface area contributed by atoms with Crippen LogP contribution in [-0.4, -0.2) is 11.0 Å². The van der Waals surface area contributed by atoms with E-state index in [1.165, 1.54) is 19.3 Å². The summed E-state index contributed by atoms with van der Waals surface area (Å²) in [6.45, 7) is 4.23. The number of hydrogen-bond donors (Lipinski definition) is 2. The van der Waals surface area contributed by atoms with Crippen LogP contribution in [-0.2, 0) is 0 Å². The number of nitrogen functional groups attached to an aromatic ring is 1. The molecule has 1 fully saturated rings. The normalized spacial score (nSPS) is 23.9. The number of nitrogens with one attached hydrogen (secondary N) is 1. The molecule has 3 heteroatoms. The van der Waals surface area contributed by atoms with Gasteiger partial charge in [-0.1, -0.05) is 13.3 Å². The summed E-state index contributed by atoms with van der Waals surface area (Å²) in [6, 6.07) is 2.56. The second-order valence-corrected chi connectivity index (χ2v) is 4.49. The minimum absolute atomic E-state index is 0.599. The molecule has 0 aromatic carbocycles. The van der Waals surface area contributed by atoms with Crippen molar-refractivity contribution in [1.82, 2.24) is 4.98 Å². The van der Waals surface area contributed by atoms with Crippen molar-refractivity contribution in [3.63, 3.8) is 0 Å². The summed E-state index contributed by atoms with van der Waals surface area (Å²) in [5, 5.41) is 3.41. The van der Waals surface area contributed by atoms with Gasteiger partial charge in [0.2, 0.25) is 0 Å². The summed E-state index contributed by atoms with van der Waals surface area (Å²) in [4.78, 5) is 4.32. The molecular weight excluding hydrogens is 186 g/mol. The minimum atomic E-state index is 0.599. The highest BCUT2D eigenvalue weighted by Crippen LogP contribution is 2.37. The van der Waals surface area contributed by atoms with Crippen LogP contribution in [0.15, 0.2) is 12.3 Å². The lowest BCUT2D eigenvalue weighted by atomic mass is 10.2. The Morgan fingerprint density at radius 2 is 2.40 bits per heavy atom. The fourth-order valence-corrected chi connectivity index (χ4v) is 2.00. The fourth-order valence-electron chi connectivity index (χ4n) is 2.00. The third-order valence-corrected chi connectivity index (χ3v) is 2.96. The van der Waals surface area contributed by atoms with Crippen molar-refractivity contribution in [3.05, 3.63) is 17.8 Å². The summed E-state index contributed by atoms with van der Waals surface area (Å²) >= 11 is 0. The molecule has 15 heavy (non-hydrogen) atoms. The predicted molar refractivity (Wildman–Crippen MR) is 63.8 cm³/mol. The van der Waals surface area contributed by atoms with Gasteiger partial charge in [0.25, 0.3) is 0 Å². The fraction of sp³-hybridized carbons (Fsp3) is 0.583. The monoisotopic (exact) mass is 205 g/mol. The van der Waals surface area contributed by atoms with Gasteiger partial charge >= 0.3 is 0 Å². The van der Waals surface area contributed by atoms with Gasteiger partial charge in [0.05, 0.1) is 5.69 Å². The van der Waals surface area contributed by atoms with Crippen molar-refractivity contribution >= 4 is 11.5 Å². The first-order valence-corrected chi connectivity index (χ1v) is 5.69. The summed E-state index contributed by atoms with van der Waals surface area (Å²) in [6.07, 6.45) is 5.70. The van der Waals surface area contributed by atoms with Gasteiger partial charge < -0.3 is 11.1 Å². The quantitative estimate of drug-likeness (QED) is 0.794. The lowest BCUT2D eigenvalue weighted by molar-refractivity contribution is 0.692. The van der Waals surface area contributed by atoms with E-state index in [0.29, 0.717) is 6.04 Å². The number of anilines is 2. The molecule has 0 radical (unpaired) electrons. The Labute approximate surface area is 91.1 Å². The number of rotatable bonds is 4. The van der Waals surface area contributed by atoms with E-state index in [-0.39, 0.29) is 0 Å². The van der Waals surface area contributed by atoms with Crippen LogP contribution in [0.3, 0.4) is 0 Å². The highest BCUT2D eigenvalue weighted by Gasteiger charge is 2.36. The van der Waals surface area contributed by atoms with Gasteiger partial charge in [-0.2, -0.15) is 0 Å². The average molecular weight is 205 g/mol. The number of nitrogens with two attached hydrogens (primary N) is 1. The molecule has 0 aliphatic heterocycles. The highest BCUT2D eigenvalue weighted by molar-refractivity contribution is 5.62. The van der Waals surface area contributed by atoms with Crippen molar-refractivity contribution in [1.29, 1.82) is 0 Å². The first-order chi connectivity index (χ1) is 7.20. The van der Waals surface area contributed by atoms with E-state index >= 15 is 0 Å². The summed E-state index contributed by atoms with van der Waals surface area (Å²) < 4.78 is 0. The van der Waals surface area contributed by atoms with Gasteiger partial charge in [0.1, 0.15) is 5.82 Å². The maximum Gasteiger partial charge on any atom is 0.149 e. The summed E-state index contributed by atoms with van der Waals surface area (Å²) in [5.74, 6) is 1.68. The molecule has 0 amide bonds. The molecule has 82 valence electrons. The van der Waals surface area contributed by atoms with E-state index < -0.39 is 0 Å². The maximum absolute atomic E-state index is 5.89. The van der Waals surface area contributed by atoms with Gasteiger partial charge in [-0.15, -0.1) is 0 Å². The van der Waals surface area contributed by atoms with Crippen molar-refractivity contribution in [2.45, 2.75) is 39.2 Å². The predicted octanol–water partition coefficient (Wildman–Crippen LogP) is 2.57. The SMILES string of the molecule is CCCC1CC1Nc1ncc(C)cc1N. The number of aryl methyl sites for hydroxylation is 1. The largest absolute Gasteiger partial charge is 0.396 e. The van der Waals surface area contributed by atoms with Crippen LogP contribution in [0.1, 0.15) is 31.7 Å². The molecule has 0 bridgehead atoms. The molecule has 1 aliphatic carbocycles. The van der Waals surface area contributed by atoms with E-state index in [2.05, 4.69) is 17.2 Å². The number of pyridine rings is 1. The molecule has 1 saturated carbocycles. The Balaban J connectivity index is 1.95. The molecule has 2 atom stereocenters. The van der Waals surface area contributed by atoms with Crippen molar-refractivity contribution in [2.75, 3.05) is 11.1 Å². The molecule has 1 aromatic rings. The minimum Gasteiger partial charge on any atom is -0.396 e.